The molecule has 0 unspecified atom stereocenters. The van der Waals surface area contributed by atoms with E-state index in [9.17, 15) is 14.7 Å². The normalized spacial score (nSPS) is 42.6. The first-order valence-corrected chi connectivity index (χ1v) is 8.89. The van der Waals surface area contributed by atoms with Crippen LogP contribution in [-0.2, 0) is 19.1 Å². The zero-order valence-corrected chi connectivity index (χ0v) is 13.9. The van der Waals surface area contributed by atoms with E-state index in [1.54, 1.807) is 18.6 Å². The van der Waals surface area contributed by atoms with Gasteiger partial charge in [-0.05, 0) is 30.9 Å². The Balaban J connectivity index is 1.63. The van der Waals surface area contributed by atoms with Gasteiger partial charge in [-0.3, -0.25) is 4.79 Å². The van der Waals surface area contributed by atoms with Crippen LogP contribution < -0.4 is 0 Å². The van der Waals surface area contributed by atoms with Gasteiger partial charge < -0.3 is 19.0 Å². The van der Waals surface area contributed by atoms with Crippen LogP contribution in [0.1, 0.15) is 44.3 Å². The number of rotatable bonds is 1. The lowest BCUT2D eigenvalue weighted by molar-refractivity contribution is -0.166. The highest BCUT2D eigenvalue weighted by Gasteiger charge is 2.67. The van der Waals surface area contributed by atoms with E-state index in [0.29, 0.717) is 18.4 Å². The van der Waals surface area contributed by atoms with Crippen molar-refractivity contribution >= 4 is 11.9 Å². The summed E-state index contributed by atoms with van der Waals surface area (Å²) in [5.41, 5.74) is 1.54. The van der Waals surface area contributed by atoms with Crippen molar-refractivity contribution in [3.05, 3.63) is 35.3 Å². The summed E-state index contributed by atoms with van der Waals surface area (Å²) >= 11 is 0. The van der Waals surface area contributed by atoms with Crippen LogP contribution in [0.4, 0.5) is 0 Å². The number of hydrogen-bond donors (Lipinski definition) is 1. The number of cyclic esters (lactones) is 1. The van der Waals surface area contributed by atoms with Crippen molar-refractivity contribution < 1.29 is 28.6 Å². The van der Waals surface area contributed by atoms with Gasteiger partial charge in [0.1, 0.15) is 6.10 Å². The molecule has 5 rings (SSSR count). The number of aliphatic hydroxyl groups is 1. The summed E-state index contributed by atoms with van der Waals surface area (Å²) in [6.07, 6.45) is 4.11. The van der Waals surface area contributed by atoms with Crippen LogP contribution in [0.3, 0.4) is 0 Å². The average molecular weight is 344 g/mol. The van der Waals surface area contributed by atoms with Crippen molar-refractivity contribution in [2.75, 3.05) is 0 Å². The maximum Gasteiger partial charge on any atom is 0.334 e. The molecule has 4 aliphatic rings. The molecule has 0 radical (unpaired) electrons. The van der Waals surface area contributed by atoms with Crippen LogP contribution in [-0.4, -0.2) is 29.3 Å². The van der Waals surface area contributed by atoms with E-state index in [2.05, 4.69) is 0 Å². The topological polar surface area (TPSA) is 86.0 Å². The standard InChI is InChI=1S/C19H20O6/c1-9-15(20)16-14-11(17(21)25-16)3-2-4-12(14)19(9)7-13(24-18(19)22)10-5-6-23-8-10/h5-6,8-9,12-13,15-16,20H,2-4,7H2,1H3/t9-,12-,13+,15+,16+,19-/m0/s1. The second kappa shape index (κ2) is 4.97. The minimum atomic E-state index is -0.888. The molecular formula is C19H20O6. The van der Waals surface area contributed by atoms with E-state index in [0.717, 1.165) is 24.0 Å². The Morgan fingerprint density at radius 2 is 2.12 bits per heavy atom. The minimum Gasteiger partial charge on any atom is -0.472 e. The molecular weight excluding hydrogens is 324 g/mol. The first-order valence-electron chi connectivity index (χ1n) is 8.89. The number of hydrogen-bond acceptors (Lipinski definition) is 6. The molecule has 6 atom stereocenters. The summed E-state index contributed by atoms with van der Waals surface area (Å²) in [4.78, 5) is 25.3. The molecule has 1 aromatic rings. The van der Waals surface area contributed by atoms with Crippen LogP contribution in [0.15, 0.2) is 34.2 Å². The average Bonchev–Trinajstić information content (AvgIpc) is 3.31. The molecule has 1 aromatic heterocycles. The molecule has 0 amide bonds. The van der Waals surface area contributed by atoms with Crippen molar-refractivity contribution in [3.63, 3.8) is 0 Å². The van der Waals surface area contributed by atoms with Gasteiger partial charge in [0.2, 0.25) is 0 Å². The fourth-order valence-electron chi connectivity index (χ4n) is 5.48. The Bertz CT molecular complexity index is 778. The first kappa shape index (κ1) is 15.2. The van der Waals surface area contributed by atoms with E-state index in [1.807, 2.05) is 6.92 Å². The Morgan fingerprint density at radius 1 is 1.28 bits per heavy atom. The van der Waals surface area contributed by atoms with Crippen LogP contribution in [0.2, 0.25) is 0 Å². The maximum absolute atomic E-state index is 13.1. The van der Waals surface area contributed by atoms with Crippen molar-refractivity contribution in [2.45, 2.75) is 50.9 Å². The van der Waals surface area contributed by atoms with Gasteiger partial charge in [0.15, 0.2) is 6.10 Å². The largest absolute Gasteiger partial charge is 0.472 e. The highest BCUT2D eigenvalue weighted by Crippen LogP contribution is 2.62. The number of aliphatic hydroxyl groups excluding tert-OH is 1. The number of ether oxygens (including phenoxy) is 2. The van der Waals surface area contributed by atoms with Crippen LogP contribution in [0.5, 0.6) is 0 Å². The van der Waals surface area contributed by atoms with E-state index in [4.69, 9.17) is 13.9 Å². The van der Waals surface area contributed by atoms with Gasteiger partial charge in [-0.1, -0.05) is 6.92 Å². The van der Waals surface area contributed by atoms with Gasteiger partial charge >= 0.3 is 11.9 Å². The van der Waals surface area contributed by atoms with Gasteiger partial charge in [0, 0.05) is 29.4 Å². The molecule has 0 bridgehead atoms. The third kappa shape index (κ3) is 1.78. The summed E-state index contributed by atoms with van der Waals surface area (Å²) in [5, 5.41) is 10.8. The predicted molar refractivity (Wildman–Crippen MR) is 84.0 cm³/mol. The van der Waals surface area contributed by atoms with Crippen LogP contribution >= 0.6 is 0 Å². The minimum absolute atomic E-state index is 0.101. The van der Waals surface area contributed by atoms with Gasteiger partial charge in [-0.15, -0.1) is 0 Å². The molecule has 0 aromatic carbocycles. The number of esters is 2. The third-order valence-electron chi connectivity index (χ3n) is 6.75. The van der Waals surface area contributed by atoms with E-state index in [1.165, 1.54) is 0 Å². The number of carbonyl (C=O) groups is 2. The zero-order valence-electron chi connectivity index (χ0n) is 13.9. The van der Waals surface area contributed by atoms with Crippen molar-refractivity contribution in [1.82, 2.24) is 0 Å². The van der Waals surface area contributed by atoms with Gasteiger partial charge in [0.25, 0.3) is 0 Å². The fraction of sp³-hybridized carbons (Fsp3) is 0.579. The summed E-state index contributed by atoms with van der Waals surface area (Å²) in [6.45, 7) is 1.88. The number of fused-ring (bicyclic) bond motifs is 1. The summed E-state index contributed by atoms with van der Waals surface area (Å²) in [5.74, 6) is -1.05. The second-order valence-corrected chi connectivity index (χ2v) is 7.68. The highest BCUT2D eigenvalue weighted by atomic mass is 16.6. The number of carbonyl (C=O) groups excluding carboxylic acids is 2. The van der Waals surface area contributed by atoms with Gasteiger partial charge in [0.05, 0.1) is 24.0 Å². The second-order valence-electron chi connectivity index (χ2n) is 7.68. The predicted octanol–water partition coefficient (Wildman–Crippen LogP) is 2.29. The smallest absolute Gasteiger partial charge is 0.334 e. The third-order valence-corrected chi connectivity index (χ3v) is 6.75. The summed E-state index contributed by atoms with van der Waals surface area (Å²) < 4.78 is 16.3. The van der Waals surface area contributed by atoms with Gasteiger partial charge in [-0.25, -0.2) is 4.79 Å². The van der Waals surface area contributed by atoms with Gasteiger partial charge in [-0.2, -0.15) is 0 Å². The lowest BCUT2D eigenvalue weighted by Crippen LogP contribution is -2.56. The van der Waals surface area contributed by atoms with E-state index in [-0.39, 0.29) is 29.9 Å². The summed E-state index contributed by atoms with van der Waals surface area (Å²) in [7, 11) is 0. The molecule has 6 nitrogen and oxygen atoms in total. The Hall–Kier alpha value is -2.08. The number of furan rings is 1. The summed E-state index contributed by atoms with van der Waals surface area (Å²) in [6, 6.07) is 1.80. The Labute approximate surface area is 144 Å². The molecule has 1 spiro atoms. The molecule has 132 valence electrons. The highest BCUT2D eigenvalue weighted by molar-refractivity contribution is 5.94. The Kier molecular flexibility index (Phi) is 3.02. The SMILES string of the molecule is C[C@H]1[C@@H](O)[C@@H]2OC(=O)C3=C2[C@H](CCC3)[C@]12C[C@H](c1ccoc1)OC2=O. The monoisotopic (exact) mass is 344 g/mol. The lowest BCUT2D eigenvalue weighted by atomic mass is 9.53. The molecule has 2 aliphatic carbocycles. The van der Waals surface area contributed by atoms with Crippen LogP contribution in [0.25, 0.3) is 0 Å². The quantitative estimate of drug-likeness (QED) is 0.787. The van der Waals surface area contributed by atoms with E-state index >= 15 is 0 Å². The van der Waals surface area contributed by atoms with Crippen molar-refractivity contribution in [1.29, 1.82) is 0 Å². The lowest BCUT2D eigenvalue weighted by Gasteiger charge is -2.49. The van der Waals surface area contributed by atoms with Crippen molar-refractivity contribution in [3.8, 4) is 0 Å². The van der Waals surface area contributed by atoms with Crippen LogP contribution in [0, 0.1) is 17.3 Å². The molecule has 25 heavy (non-hydrogen) atoms. The molecule has 2 aliphatic heterocycles. The molecule has 1 N–H and O–H groups in total. The fourth-order valence-corrected chi connectivity index (χ4v) is 5.48. The molecule has 3 heterocycles. The molecule has 1 saturated carbocycles. The Morgan fingerprint density at radius 3 is 2.88 bits per heavy atom. The first-order chi connectivity index (χ1) is 12.0. The van der Waals surface area contributed by atoms with E-state index < -0.39 is 17.6 Å². The molecule has 2 fully saturated rings. The maximum atomic E-state index is 13.1. The molecule has 1 saturated heterocycles. The zero-order chi connectivity index (χ0) is 17.3. The molecule has 6 heteroatoms. The van der Waals surface area contributed by atoms with Crippen molar-refractivity contribution in [2.24, 2.45) is 17.3 Å².